The van der Waals surface area contributed by atoms with Crippen LogP contribution < -0.4 is 5.32 Å². The smallest absolute Gasteiger partial charge is 0.220 e. The molecular weight excluding hydrogens is 370 g/mol. The highest BCUT2D eigenvalue weighted by Crippen LogP contribution is 2.43. The minimum atomic E-state index is -0.155. The molecule has 0 aromatic heterocycles. The van der Waals surface area contributed by atoms with E-state index in [0.717, 1.165) is 32.1 Å². The molecule has 30 heavy (non-hydrogen) atoms. The molecule has 0 bridgehead atoms. The Bertz CT molecular complexity index is 553. The van der Waals surface area contributed by atoms with Gasteiger partial charge >= 0.3 is 0 Å². The van der Waals surface area contributed by atoms with E-state index in [1.165, 1.54) is 44.9 Å². The van der Waals surface area contributed by atoms with Crippen molar-refractivity contribution in [3.8, 4) is 0 Å². The molecule has 3 nitrogen and oxygen atoms in total. The van der Waals surface area contributed by atoms with E-state index >= 15 is 0 Å². The van der Waals surface area contributed by atoms with E-state index in [-0.39, 0.29) is 18.6 Å². The highest BCUT2D eigenvalue weighted by Gasteiger charge is 2.29. The van der Waals surface area contributed by atoms with Crippen molar-refractivity contribution in [2.24, 2.45) is 5.41 Å². The molecule has 0 spiro atoms. The van der Waals surface area contributed by atoms with Crippen molar-refractivity contribution in [2.75, 3.05) is 6.61 Å². The first-order chi connectivity index (χ1) is 14.6. The van der Waals surface area contributed by atoms with Crippen LogP contribution in [0, 0.1) is 5.41 Å². The van der Waals surface area contributed by atoms with E-state index in [1.807, 2.05) is 0 Å². The summed E-state index contributed by atoms with van der Waals surface area (Å²) in [6.45, 7) is 4.08. The number of carbonyl (C=O) groups is 1. The van der Waals surface area contributed by atoms with Gasteiger partial charge in [-0.1, -0.05) is 81.2 Å². The quantitative estimate of drug-likeness (QED) is 0.215. The molecule has 1 saturated carbocycles. The third-order valence-electron chi connectivity index (χ3n) is 5.87. The number of hydrogen-bond donors (Lipinski definition) is 2. The van der Waals surface area contributed by atoms with Gasteiger partial charge in [-0.2, -0.15) is 0 Å². The number of hydrogen-bond acceptors (Lipinski definition) is 2. The number of carbonyl (C=O) groups excluding carboxylic acids is 1. The molecule has 0 radical (unpaired) electrons. The average Bonchev–Trinajstić information content (AvgIpc) is 3.21. The maximum absolute atomic E-state index is 11.6. The highest BCUT2D eigenvalue weighted by atomic mass is 16.3. The molecule has 1 aliphatic carbocycles. The summed E-state index contributed by atoms with van der Waals surface area (Å²) in [5.74, 6) is 0.0193. The maximum atomic E-state index is 11.6. The standard InChI is InChI=1S/C27H45NO2/c1-3-4-20-27(22-17-18-23-27)21-16-14-12-10-8-6-5-7-9-11-13-15-19-26(30)28-25(2)24-29/h5-6,9-12,16,21,25,29H,3-4,7-8,13-15,17-20,22-24H2,1-2H3,(H,28,30)/b6-5-,11-9-,12-10-,21-16-/t25-/m1/s1. The largest absolute Gasteiger partial charge is 0.394 e. The molecule has 170 valence electrons. The van der Waals surface area contributed by atoms with Crippen LogP contribution >= 0.6 is 0 Å². The molecule has 1 fully saturated rings. The van der Waals surface area contributed by atoms with Gasteiger partial charge in [-0.25, -0.2) is 0 Å². The Hall–Kier alpha value is -1.61. The molecule has 0 heterocycles. The van der Waals surface area contributed by atoms with Gasteiger partial charge in [0.2, 0.25) is 5.91 Å². The van der Waals surface area contributed by atoms with Gasteiger partial charge in [-0.05, 0) is 63.7 Å². The van der Waals surface area contributed by atoms with Crippen molar-refractivity contribution >= 4 is 5.91 Å². The third kappa shape index (κ3) is 12.8. The summed E-state index contributed by atoms with van der Waals surface area (Å²) in [6.07, 6.45) is 33.1. The summed E-state index contributed by atoms with van der Waals surface area (Å²) < 4.78 is 0. The summed E-state index contributed by atoms with van der Waals surface area (Å²) in [5, 5.41) is 11.7. The summed E-state index contributed by atoms with van der Waals surface area (Å²) >= 11 is 0. The predicted molar refractivity (Wildman–Crippen MR) is 129 cm³/mol. The highest BCUT2D eigenvalue weighted by molar-refractivity contribution is 5.76. The molecule has 0 aromatic rings. The molecule has 0 saturated heterocycles. The predicted octanol–water partition coefficient (Wildman–Crippen LogP) is 6.80. The maximum Gasteiger partial charge on any atom is 0.220 e. The summed E-state index contributed by atoms with van der Waals surface area (Å²) in [5.41, 5.74) is 0.512. The Kier molecular flexibility index (Phi) is 15.1. The number of aliphatic hydroxyl groups excluding tert-OH is 1. The van der Waals surface area contributed by atoms with Gasteiger partial charge in [0.25, 0.3) is 0 Å². The molecule has 1 atom stereocenters. The summed E-state index contributed by atoms with van der Waals surface area (Å²) in [4.78, 5) is 11.6. The Morgan fingerprint density at radius 3 is 2.17 bits per heavy atom. The van der Waals surface area contributed by atoms with Crippen molar-refractivity contribution in [3.05, 3.63) is 48.6 Å². The van der Waals surface area contributed by atoms with E-state index < -0.39 is 0 Å². The topological polar surface area (TPSA) is 49.3 Å². The molecule has 0 aliphatic heterocycles. The summed E-state index contributed by atoms with van der Waals surface area (Å²) in [6, 6.07) is -0.155. The zero-order valence-electron chi connectivity index (χ0n) is 19.5. The molecule has 1 rings (SSSR count). The summed E-state index contributed by atoms with van der Waals surface area (Å²) in [7, 11) is 0. The van der Waals surface area contributed by atoms with Gasteiger partial charge in [0.15, 0.2) is 0 Å². The zero-order valence-corrected chi connectivity index (χ0v) is 19.5. The van der Waals surface area contributed by atoms with Crippen molar-refractivity contribution in [3.63, 3.8) is 0 Å². The molecule has 1 aliphatic rings. The molecule has 3 heteroatoms. The van der Waals surface area contributed by atoms with Gasteiger partial charge in [-0.15, -0.1) is 0 Å². The second kappa shape index (κ2) is 17.1. The van der Waals surface area contributed by atoms with Crippen LogP contribution in [-0.2, 0) is 4.79 Å². The van der Waals surface area contributed by atoms with Crippen LogP contribution in [0.15, 0.2) is 48.6 Å². The molecule has 0 aromatic carbocycles. The van der Waals surface area contributed by atoms with Crippen LogP contribution in [-0.4, -0.2) is 23.7 Å². The fourth-order valence-electron chi connectivity index (χ4n) is 4.03. The van der Waals surface area contributed by atoms with Crippen LogP contribution in [0.2, 0.25) is 0 Å². The lowest BCUT2D eigenvalue weighted by molar-refractivity contribution is -0.122. The normalized spacial score (nSPS) is 17.7. The molecule has 2 N–H and O–H groups in total. The van der Waals surface area contributed by atoms with Crippen LogP contribution in [0.25, 0.3) is 0 Å². The number of unbranched alkanes of at least 4 members (excludes halogenated alkanes) is 2. The second-order valence-electron chi connectivity index (χ2n) is 8.74. The number of allylic oxidation sites excluding steroid dienone is 8. The molecule has 0 unspecified atom stereocenters. The van der Waals surface area contributed by atoms with E-state index in [2.05, 4.69) is 60.8 Å². The van der Waals surface area contributed by atoms with Crippen LogP contribution in [0.4, 0.5) is 0 Å². The van der Waals surface area contributed by atoms with E-state index in [9.17, 15) is 4.79 Å². The first-order valence-electron chi connectivity index (χ1n) is 12.1. The van der Waals surface area contributed by atoms with Gasteiger partial charge < -0.3 is 10.4 Å². The fourth-order valence-corrected chi connectivity index (χ4v) is 4.03. The molecular formula is C27H45NO2. The minimum Gasteiger partial charge on any atom is -0.394 e. The third-order valence-corrected chi connectivity index (χ3v) is 5.87. The number of amides is 1. The lowest BCUT2D eigenvalue weighted by Crippen LogP contribution is -2.34. The Morgan fingerprint density at radius 1 is 0.967 bits per heavy atom. The lowest BCUT2D eigenvalue weighted by atomic mass is 9.80. The number of nitrogens with one attached hydrogen (secondary N) is 1. The van der Waals surface area contributed by atoms with E-state index in [4.69, 9.17) is 5.11 Å². The van der Waals surface area contributed by atoms with Gasteiger partial charge in [0, 0.05) is 12.5 Å². The zero-order chi connectivity index (χ0) is 21.9. The Balaban J connectivity index is 2.07. The fraction of sp³-hybridized carbons (Fsp3) is 0.667. The SMILES string of the molecule is CCCCC1(/C=C\C/C=C\C/C=C\C/C=C\CCCC(=O)N[C@H](C)CO)CCCC1. The van der Waals surface area contributed by atoms with Crippen molar-refractivity contribution < 1.29 is 9.90 Å². The van der Waals surface area contributed by atoms with E-state index in [0.29, 0.717) is 11.8 Å². The van der Waals surface area contributed by atoms with Crippen molar-refractivity contribution in [1.29, 1.82) is 0 Å². The number of rotatable bonds is 16. The van der Waals surface area contributed by atoms with E-state index in [1.54, 1.807) is 6.92 Å². The van der Waals surface area contributed by atoms with Crippen LogP contribution in [0.5, 0.6) is 0 Å². The van der Waals surface area contributed by atoms with Crippen molar-refractivity contribution in [2.45, 2.75) is 103 Å². The first kappa shape index (κ1) is 26.4. The Morgan fingerprint density at radius 2 is 1.57 bits per heavy atom. The van der Waals surface area contributed by atoms with Gasteiger partial charge in [0.05, 0.1) is 6.61 Å². The number of aliphatic hydroxyl groups is 1. The Labute approximate surface area is 185 Å². The lowest BCUT2D eigenvalue weighted by Gasteiger charge is -2.24. The second-order valence-corrected chi connectivity index (χ2v) is 8.74. The van der Waals surface area contributed by atoms with Crippen LogP contribution in [0.3, 0.4) is 0 Å². The first-order valence-corrected chi connectivity index (χ1v) is 12.1. The average molecular weight is 416 g/mol. The van der Waals surface area contributed by atoms with Crippen LogP contribution in [0.1, 0.15) is 97.3 Å². The van der Waals surface area contributed by atoms with Gasteiger partial charge in [0.1, 0.15) is 0 Å². The monoisotopic (exact) mass is 415 g/mol. The van der Waals surface area contributed by atoms with Gasteiger partial charge in [-0.3, -0.25) is 4.79 Å². The van der Waals surface area contributed by atoms with Crippen molar-refractivity contribution in [1.82, 2.24) is 5.32 Å². The minimum absolute atomic E-state index is 0.0103. The molecule has 1 amide bonds.